The fourth-order valence-electron chi connectivity index (χ4n) is 3.01. The number of benzene rings is 2. The fourth-order valence-corrected chi connectivity index (χ4v) is 3.23. The van der Waals surface area contributed by atoms with Crippen LogP contribution in [0.25, 0.3) is 0 Å². The fraction of sp³-hybridized carbons (Fsp3) is 0.294. The van der Waals surface area contributed by atoms with Crippen molar-refractivity contribution < 1.29 is 4.39 Å². The van der Waals surface area contributed by atoms with Crippen LogP contribution in [0.2, 0.25) is 5.02 Å². The molecule has 1 heterocycles. The van der Waals surface area contributed by atoms with Gasteiger partial charge in [-0.15, -0.1) is 0 Å². The van der Waals surface area contributed by atoms with Crippen LogP contribution in [0.5, 0.6) is 0 Å². The van der Waals surface area contributed by atoms with Crippen LogP contribution in [0.4, 0.5) is 4.39 Å². The highest BCUT2D eigenvalue weighted by Crippen LogP contribution is 2.31. The molecule has 3 rings (SSSR count). The van der Waals surface area contributed by atoms with E-state index < -0.39 is 0 Å². The Kier molecular flexibility index (Phi) is 4.04. The Balaban J connectivity index is 1.77. The number of halogens is 2. The molecule has 2 aromatic rings. The lowest BCUT2D eigenvalue weighted by Gasteiger charge is -2.19. The molecule has 1 nitrogen and oxygen atoms in total. The van der Waals surface area contributed by atoms with Crippen LogP contribution in [-0.4, -0.2) is 13.1 Å². The third-order valence-electron chi connectivity index (χ3n) is 4.02. The van der Waals surface area contributed by atoms with Crippen molar-refractivity contribution in [3.05, 3.63) is 70.5 Å². The molecule has 0 unspecified atom stereocenters. The van der Waals surface area contributed by atoms with Gasteiger partial charge in [-0.3, -0.25) is 0 Å². The summed E-state index contributed by atoms with van der Waals surface area (Å²) in [5.41, 5.74) is 2.47. The largest absolute Gasteiger partial charge is 0.316 e. The van der Waals surface area contributed by atoms with Gasteiger partial charge in [0.25, 0.3) is 0 Å². The second-order valence-corrected chi connectivity index (χ2v) is 5.85. The summed E-state index contributed by atoms with van der Waals surface area (Å²) in [7, 11) is 0. The summed E-state index contributed by atoms with van der Waals surface area (Å²) < 4.78 is 13.0. The molecule has 1 saturated heterocycles. The van der Waals surface area contributed by atoms with Crippen LogP contribution in [-0.2, 0) is 6.42 Å². The lowest BCUT2D eigenvalue weighted by Crippen LogP contribution is -2.14. The second kappa shape index (κ2) is 5.94. The van der Waals surface area contributed by atoms with Gasteiger partial charge in [-0.2, -0.15) is 0 Å². The minimum absolute atomic E-state index is 0.175. The van der Waals surface area contributed by atoms with Gasteiger partial charge in [0.2, 0.25) is 0 Å². The van der Waals surface area contributed by atoms with E-state index in [9.17, 15) is 4.39 Å². The number of nitrogens with one attached hydrogen (secondary N) is 1. The highest BCUT2D eigenvalue weighted by atomic mass is 35.5. The van der Waals surface area contributed by atoms with E-state index in [-0.39, 0.29) is 5.82 Å². The van der Waals surface area contributed by atoms with Crippen molar-refractivity contribution in [3.8, 4) is 0 Å². The molecule has 104 valence electrons. The zero-order valence-corrected chi connectivity index (χ0v) is 11.9. The predicted octanol–water partition coefficient (Wildman–Crippen LogP) is 4.02. The van der Waals surface area contributed by atoms with E-state index in [0.717, 1.165) is 24.5 Å². The third-order valence-corrected chi connectivity index (χ3v) is 4.26. The average molecular weight is 290 g/mol. The summed E-state index contributed by atoms with van der Waals surface area (Å²) in [6, 6.07) is 14.9. The van der Waals surface area contributed by atoms with E-state index in [2.05, 4.69) is 11.4 Å². The maximum Gasteiger partial charge on any atom is 0.123 e. The van der Waals surface area contributed by atoms with Gasteiger partial charge in [0.05, 0.1) is 0 Å². The third kappa shape index (κ3) is 3.02. The number of hydrogen-bond donors (Lipinski definition) is 1. The van der Waals surface area contributed by atoms with E-state index in [1.807, 2.05) is 30.3 Å². The van der Waals surface area contributed by atoms with E-state index in [0.29, 0.717) is 11.8 Å². The first kappa shape index (κ1) is 13.6. The van der Waals surface area contributed by atoms with Gasteiger partial charge in [0.1, 0.15) is 5.82 Å². The van der Waals surface area contributed by atoms with Crippen molar-refractivity contribution >= 4 is 11.6 Å². The summed E-state index contributed by atoms with van der Waals surface area (Å²) in [5, 5.41) is 4.23. The van der Waals surface area contributed by atoms with Crippen molar-refractivity contribution in [2.75, 3.05) is 13.1 Å². The van der Waals surface area contributed by atoms with E-state index in [4.69, 9.17) is 11.6 Å². The predicted molar refractivity (Wildman–Crippen MR) is 80.7 cm³/mol. The van der Waals surface area contributed by atoms with Crippen LogP contribution >= 0.6 is 11.6 Å². The molecule has 0 amide bonds. The summed E-state index contributed by atoms with van der Waals surface area (Å²) in [5.74, 6) is 0.791. The quantitative estimate of drug-likeness (QED) is 0.900. The zero-order valence-electron chi connectivity index (χ0n) is 11.2. The molecule has 0 aromatic heterocycles. The molecule has 0 radical (unpaired) electrons. The number of rotatable bonds is 3. The maximum absolute atomic E-state index is 13.0. The van der Waals surface area contributed by atoms with E-state index in [1.54, 1.807) is 12.1 Å². The minimum atomic E-state index is -0.175. The Hall–Kier alpha value is -1.38. The summed E-state index contributed by atoms with van der Waals surface area (Å²) in [6.07, 6.45) is 0.996. The molecule has 1 fully saturated rings. The van der Waals surface area contributed by atoms with Crippen molar-refractivity contribution in [1.29, 1.82) is 0 Å². The van der Waals surface area contributed by atoms with E-state index >= 15 is 0 Å². The summed E-state index contributed by atoms with van der Waals surface area (Å²) >= 11 is 6.04. The van der Waals surface area contributed by atoms with Crippen LogP contribution in [0.3, 0.4) is 0 Å². The topological polar surface area (TPSA) is 12.0 Å². The van der Waals surface area contributed by atoms with Crippen LogP contribution in [0.1, 0.15) is 17.0 Å². The Labute approximate surface area is 123 Å². The van der Waals surface area contributed by atoms with Crippen molar-refractivity contribution in [2.45, 2.75) is 12.3 Å². The molecule has 2 atom stereocenters. The minimum Gasteiger partial charge on any atom is -0.316 e. The Morgan fingerprint density at radius 1 is 1.10 bits per heavy atom. The van der Waals surface area contributed by atoms with Crippen LogP contribution < -0.4 is 5.32 Å². The molecule has 0 spiro atoms. The van der Waals surface area contributed by atoms with Crippen molar-refractivity contribution in [1.82, 2.24) is 5.32 Å². The molecular weight excluding hydrogens is 273 g/mol. The SMILES string of the molecule is Fc1ccc([C@@H]2CNC[C@@H]2Cc2cccc(Cl)c2)cc1. The normalized spacial score (nSPS) is 22.1. The lowest BCUT2D eigenvalue weighted by molar-refractivity contribution is 0.515. The standard InChI is InChI=1S/C17H17ClFN/c18-15-3-1-2-12(9-15)8-14-10-20-11-17(14)13-4-6-16(19)7-5-13/h1-7,9,14,17,20H,8,10-11H2/t14-,17-/m0/s1. The molecule has 1 aliphatic heterocycles. The molecule has 20 heavy (non-hydrogen) atoms. The van der Waals surface area contributed by atoms with Gasteiger partial charge in [-0.25, -0.2) is 4.39 Å². The smallest absolute Gasteiger partial charge is 0.123 e. The van der Waals surface area contributed by atoms with Gasteiger partial charge in [-0.05, 0) is 54.3 Å². The van der Waals surface area contributed by atoms with Gasteiger partial charge >= 0.3 is 0 Å². The molecule has 1 N–H and O–H groups in total. The molecule has 0 aliphatic carbocycles. The first-order valence-electron chi connectivity index (χ1n) is 6.93. The van der Waals surface area contributed by atoms with Gasteiger partial charge in [-0.1, -0.05) is 35.9 Å². The first-order chi connectivity index (χ1) is 9.72. The molecular formula is C17H17ClFN. The molecule has 1 aliphatic rings. The van der Waals surface area contributed by atoms with Gasteiger partial charge in [0, 0.05) is 17.5 Å². The molecule has 2 aromatic carbocycles. The zero-order chi connectivity index (χ0) is 13.9. The molecule has 0 bridgehead atoms. The monoisotopic (exact) mass is 289 g/mol. The summed E-state index contributed by atoms with van der Waals surface area (Å²) in [4.78, 5) is 0. The van der Waals surface area contributed by atoms with Gasteiger partial charge in [0.15, 0.2) is 0 Å². The van der Waals surface area contributed by atoms with Gasteiger partial charge < -0.3 is 5.32 Å². The number of hydrogen-bond acceptors (Lipinski definition) is 1. The van der Waals surface area contributed by atoms with Crippen LogP contribution in [0.15, 0.2) is 48.5 Å². The second-order valence-electron chi connectivity index (χ2n) is 5.41. The highest BCUT2D eigenvalue weighted by molar-refractivity contribution is 6.30. The van der Waals surface area contributed by atoms with Crippen molar-refractivity contribution in [3.63, 3.8) is 0 Å². The average Bonchev–Trinajstić information content (AvgIpc) is 2.88. The Bertz CT molecular complexity index is 582. The first-order valence-corrected chi connectivity index (χ1v) is 7.31. The Morgan fingerprint density at radius 2 is 1.90 bits per heavy atom. The lowest BCUT2D eigenvalue weighted by atomic mass is 9.85. The molecule has 3 heteroatoms. The van der Waals surface area contributed by atoms with Crippen molar-refractivity contribution in [2.24, 2.45) is 5.92 Å². The highest BCUT2D eigenvalue weighted by Gasteiger charge is 2.28. The van der Waals surface area contributed by atoms with Crippen LogP contribution in [0, 0.1) is 11.7 Å². The molecule has 0 saturated carbocycles. The summed E-state index contributed by atoms with van der Waals surface area (Å²) in [6.45, 7) is 1.95. The Morgan fingerprint density at radius 3 is 2.65 bits per heavy atom. The maximum atomic E-state index is 13.0. The van der Waals surface area contributed by atoms with E-state index in [1.165, 1.54) is 11.1 Å².